The molecule has 31 heavy (non-hydrogen) atoms. The molecule has 4 heterocycles. The molecule has 0 spiro atoms. The minimum absolute atomic E-state index is 0.375. The van der Waals surface area contributed by atoms with Crippen LogP contribution in [-0.4, -0.2) is 46.3 Å². The van der Waals surface area contributed by atoms with Gasteiger partial charge in [0.05, 0.1) is 11.0 Å². The molecule has 0 atom stereocenters. The zero-order valence-corrected chi connectivity index (χ0v) is 18.2. The molecular formula is C24H30N6O. The Morgan fingerprint density at radius 2 is 1.32 bits per heavy atom. The van der Waals surface area contributed by atoms with E-state index >= 15 is 0 Å². The Balaban J connectivity index is 1.25. The Bertz CT molecular complexity index is 1060. The van der Waals surface area contributed by atoms with Gasteiger partial charge in [0, 0.05) is 38.0 Å². The van der Waals surface area contributed by atoms with E-state index in [1.165, 1.54) is 25.7 Å². The number of rotatable bonds is 4. The van der Waals surface area contributed by atoms with Gasteiger partial charge >= 0.3 is 0 Å². The van der Waals surface area contributed by atoms with Gasteiger partial charge in [-0.05, 0) is 56.6 Å². The van der Waals surface area contributed by atoms with Crippen LogP contribution in [0, 0.1) is 5.92 Å². The fourth-order valence-corrected chi connectivity index (χ4v) is 4.88. The van der Waals surface area contributed by atoms with Crippen LogP contribution in [-0.2, 0) is 0 Å². The van der Waals surface area contributed by atoms with Crippen molar-refractivity contribution in [2.45, 2.75) is 57.3 Å². The predicted octanol–water partition coefficient (Wildman–Crippen LogP) is 4.51. The molecule has 2 aromatic heterocycles. The van der Waals surface area contributed by atoms with Crippen LogP contribution >= 0.6 is 0 Å². The molecular weight excluding hydrogens is 388 g/mol. The highest BCUT2D eigenvalue weighted by molar-refractivity contribution is 5.81. The fourth-order valence-electron chi connectivity index (χ4n) is 4.88. The van der Waals surface area contributed by atoms with Crippen molar-refractivity contribution >= 4 is 22.7 Å². The maximum atomic E-state index is 5.50. The molecule has 1 aromatic carbocycles. The van der Waals surface area contributed by atoms with Gasteiger partial charge in [-0.1, -0.05) is 24.2 Å². The molecule has 0 amide bonds. The minimum atomic E-state index is 0.375. The summed E-state index contributed by atoms with van der Waals surface area (Å²) in [7, 11) is 0. The van der Waals surface area contributed by atoms with E-state index in [2.05, 4.69) is 34.0 Å². The van der Waals surface area contributed by atoms with Gasteiger partial charge in [-0.15, -0.1) is 0 Å². The Kier molecular flexibility index (Phi) is 4.77. The molecule has 2 saturated heterocycles. The Labute approximate surface area is 182 Å². The standard InChI is InChI=1S/C24H30N6O/c1-16-8-12-29(13-9-16)22-23(26-20-5-3-2-4-19(20)25-22)30-14-10-17(11-15-30)21-27-24(31-28-21)18-6-7-18/h2-5,16-18H,6-15H2,1H3. The van der Waals surface area contributed by atoms with Crippen LogP contribution in [0.3, 0.4) is 0 Å². The second kappa shape index (κ2) is 7.77. The maximum Gasteiger partial charge on any atom is 0.229 e. The number of fused-ring (bicyclic) bond motifs is 1. The van der Waals surface area contributed by atoms with Gasteiger partial charge in [0.2, 0.25) is 5.89 Å². The van der Waals surface area contributed by atoms with Gasteiger partial charge in [-0.2, -0.15) is 4.98 Å². The van der Waals surface area contributed by atoms with Crippen molar-refractivity contribution in [3.63, 3.8) is 0 Å². The van der Waals surface area contributed by atoms with Crippen molar-refractivity contribution in [3.05, 3.63) is 36.0 Å². The molecule has 3 aromatic rings. The van der Waals surface area contributed by atoms with E-state index in [0.717, 1.165) is 79.3 Å². The maximum absolute atomic E-state index is 5.50. The van der Waals surface area contributed by atoms with Gasteiger partial charge < -0.3 is 14.3 Å². The zero-order chi connectivity index (χ0) is 20.8. The molecule has 0 radical (unpaired) electrons. The van der Waals surface area contributed by atoms with E-state index in [1.54, 1.807) is 0 Å². The van der Waals surface area contributed by atoms with Crippen LogP contribution in [0.15, 0.2) is 28.8 Å². The lowest BCUT2D eigenvalue weighted by Crippen LogP contribution is -2.38. The number of nitrogens with zero attached hydrogens (tertiary/aromatic N) is 6. The first-order valence-electron chi connectivity index (χ1n) is 11.8. The summed E-state index contributed by atoms with van der Waals surface area (Å²) < 4.78 is 5.50. The highest BCUT2D eigenvalue weighted by Crippen LogP contribution is 2.40. The zero-order valence-electron chi connectivity index (χ0n) is 18.2. The smallest absolute Gasteiger partial charge is 0.229 e. The summed E-state index contributed by atoms with van der Waals surface area (Å²) in [6, 6.07) is 8.23. The summed E-state index contributed by atoms with van der Waals surface area (Å²) in [4.78, 5) is 19.8. The first-order valence-corrected chi connectivity index (χ1v) is 11.8. The van der Waals surface area contributed by atoms with Crippen molar-refractivity contribution in [2.24, 2.45) is 5.92 Å². The molecule has 162 valence electrons. The van der Waals surface area contributed by atoms with Gasteiger partial charge in [0.1, 0.15) is 0 Å². The number of piperidine rings is 2. The monoisotopic (exact) mass is 418 g/mol. The molecule has 2 aliphatic heterocycles. The van der Waals surface area contributed by atoms with Gasteiger partial charge in [-0.3, -0.25) is 0 Å². The molecule has 6 rings (SSSR count). The molecule has 0 N–H and O–H groups in total. The van der Waals surface area contributed by atoms with E-state index in [9.17, 15) is 0 Å². The van der Waals surface area contributed by atoms with Gasteiger partial charge in [0.25, 0.3) is 0 Å². The first kappa shape index (κ1) is 19.0. The van der Waals surface area contributed by atoms with Crippen molar-refractivity contribution in [1.82, 2.24) is 20.1 Å². The van der Waals surface area contributed by atoms with Crippen LogP contribution in [0.25, 0.3) is 11.0 Å². The molecule has 7 heteroatoms. The fraction of sp³-hybridized carbons (Fsp3) is 0.583. The van der Waals surface area contributed by atoms with Crippen molar-refractivity contribution in [1.29, 1.82) is 0 Å². The number of anilines is 2. The van der Waals surface area contributed by atoms with Crippen LogP contribution in [0.5, 0.6) is 0 Å². The lowest BCUT2D eigenvalue weighted by molar-refractivity contribution is 0.364. The van der Waals surface area contributed by atoms with Crippen LogP contribution in [0.1, 0.15) is 69.0 Å². The molecule has 0 bridgehead atoms. The molecule has 7 nitrogen and oxygen atoms in total. The SMILES string of the molecule is CC1CCN(c2nc3ccccc3nc2N2CCC(c3noc(C4CC4)n3)CC2)CC1. The normalized spacial score (nSPS) is 21.2. The molecule has 0 unspecified atom stereocenters. The lowest BCUT2D eigenvalue weighted by Gasteiger charge is -2.37. The third kappa shape index (κ3) is 3.75. The topological polar surface area (TPSA) is 71.2 Å². The number of hydrogen-bond acceptors (Lipinski definition) is 7. The Hall–Kier alpha value is -2.70. The van der Waals surface area contributed by atoms with E-state index < -0.39 is 0 Å². The second-order valence-corrected chi connectivity index (χ2v) is 9.56. The highest BCUT2D eigenvalue weighted by Gasteiger charge is 2.33. The molecule has 1 aliphatic carbocycles. The number of para-hydroxylation sites is 2. The van der Waals surface area contributed by atoms with Crippen LogP contribution in [0.4, 0.5) is 11.6 Å². The van der Waals surface area contributed by atoms with Crippen LogP contribution < -0.4 is 9.80 Å². The average Bonchev–Trinajstić information content (AvgIpc) is 3.55. The van der Waals surface area contributed by atoms with Crippen molar-refractivity contribution < 1.29 is 4.52 Å². The number of aromatic nitrogens is 4. The largest absolute Gasteiger partial charge is 0.354 e. The highest BCUT2D eigenvalue weighted by atomic mass is 16.5. The van der Waals surface area contributed by atoms with Crippen LogP contribution in [0.2, 0.25) is 0 Å². The summed E-state index contributed by atoms with van der Waals surface area (Å²) in [5.41, 5.74) is 1.95. The van der Waals surface area contributed by atoms with Gasteiger partial charge in [0.15, 0.2) is 17.5 Å². The first-order chi connectivity index (χ1) is 15.2. The Morgan fingerprint density at radius 1 is 0.742 bits per heavy atom. The molecule has 3 fully saturated rings. The average molecular weight is 419 g/mol. The third-order valence-electron chi connectivity index (χ3n) is 7.16. The van der Waals surface area contributed by atoms with E-state index in [0.29, 0.717) is 11.8 Å². The van der Waals surface area contributed by atoms with E-state index in [1.807, 2.05) is 12.1 Å². The number of hydrogen-bond donors (Lipinski definition) is 0. The number of benzene rings is 1. The van der Waals surface area contributed by atoms with Crippen molar-refractivity contribution in [3.8, 4) is 0 Å². The summed E-state index contributed by atoms with van der Waals surface area (Å²) >= 11 is 0. The van der Waals surface area contributed by atoms with E-state index in [-0.39, 0.29) is 0 Å². The second-order valence-electron chi connectivity index (χ2n) is 9.56. The Morgan fingerprint density at radius 3 is 1.90 bits per heavy atom. The third-order valence-corrected chi connectivity index (χ3v) is 7.16. The molecule has 3 aliphatic rings. The summed E-state index contributed by atoms with van der Waals surface area (Å²) in [5.74, 6) is 5.53. The van der Waals surface area contributed by atoms with E-state index in [4.69, 9.17) is 19.5 Å². The summed E-state index contributed by atoms with van der Waals surface area (Å²) in [5, 5.41) is 4.30. The summed E-state index contributed by atoms with van der Waals surface area (Å²) in [6.07, 6.45) is 6.87. The summed E-state index contributed by atoms with van der Waals surface area (Å²) in [6.45, 7) is 6.36. The van der Waals surface area contributed by atoms with Crippen molar-refractivity contribution in [2.75, 3.05) is 36.0 Å². The van der Waals surface area contributed by atoms with Gasteiger partial charge in [-0.25, -0.2) is 9.97 Å². The quantitative estimate of drug-likeness (QED) is 0.617. The minimum Gasteiger partial charge on any atom is -0.354 e. The predicted molar refractivity (Wildman–Crippen MR) is 121 cm³/mol. The molecule has 1 saturated carbocycles. The lowest BCUT2D eigenvalue weighted by atomic mass is 9.96.